The van der Waals surface area contributed by atoms with Crippen LogP contribution in [0.4, 0.5) is 0 Å². The van der Waals surface area contributed by atoms with Gasteiger partial charge in [-0.3, -0.25) is 9.11 Å². The molecule has 0 radical (unpaired) electrons. The highest BCUT2D eigenvalue weighted by molar-refractivity contribution is 7.86. The third-order valence-corrected chi connectivity index (χ3v) is 7.37. The fourth-order valence-electron chi connectivity index (χ4n) is 3.17. The summed E-state index contributed by atoms with van der Waals surface area (Å²) in [7, 11) is -8.04. The molecule has 0 aromatic heterocycles. The summed E-state index contributed by atoms with van der Waals surface area (Å²) in [6, 6.07) is 22.5. The van der Waals surface area contributed by atoms with Gasteiger partial charge in [0, 0.05) is 18.6 Å². The van der Waals surface area contributed by atoms with Gasteiger partial charge in [-0.1, -0.05) is 65.7 Å². The minimum Gasteiger partial charge on any atom is -0.390 e. The van der Waals surface area contributed by atoms with Gasteiger partial charge in [-0.15, -0.1) is 0 Å². The molecule has 3 aromatic carbocycles. The number of hydrogen-bond donors (Lipinski definition) is 5. The van der Waals surface area contributed by atoms with E-state index < -0.39 is 26.3 Å². The van der Waals surface area contributed by atoms with Crippen molar-refractivity contribution < 1.29 is 31.0 Å². The summed E-state index contributed by atoms with van der Waals surface area (Å²) in [6.45, 7) is 4.29. The second-order valence-corrected chi connectivity index (χ2v) is 12.0. The van der Waals surface area contributed by atoms with Crippen molar-refractivity contribution in [3.63, 3.8) is 0 Å². The van der Waals surface area contributed by atoms with E-state index in [9.17, 15) is 21.9 Å². The first-order valence-electron chi connectivity index (χ1n) is 12.0. The molecule has 9 nitrogen and oxygen atoms in total. The summed E-state index contributed by atoms with van der Waals surface area (Å²) in [5.41, 5.74) is 9.06. The summed E-state index contributed by atoms with van der Waals surface area (Å²) in [5.74, 6) is 0. The maximum Gasteiger partial charge on any atom is 0.294 e. The quantitative estimate of drug-likeness (QED) is 0.258. The van der Waals surface area contributed by atoms with Gasteiger partial charge < -0.3 is 16.2 Å². The van der Waals surface area contributed by atoms with Gasteiger partial charge in [0.2, 0.25) is 0 Å². The molecule has 208 valence electrons. The zero-order chi connectivity index (χ0) is 28.3. The largest absolute Gasteiger partial charge is 0.390 e. The van der Waals surface area contributed by atoms with Gasteiger partial charge in [-0.2, -0.15) is 16.8 Å². The van der Waals surface area contributed by atoms with Gasteiger partial charge in [0.1, 0.15) is 0 Å². The second kappa shape index (κ2) is 14.5. The summed E-state index contributed by atoms with van der Waals surface area (Å²) >= 11 is 0. The Labute approximate surface area is 225 Å². The zero-order valence-electron chi connectivity index (χ0n) is 21.4. The monoisotopic (exact) mass is 564 g/mol. The number of nitrogens with one attached hydrogen (secondary N) is 1. The molecule has 0 aliphatic heterocycles. The third kappa shape index (κ3) is 12.3. The van der Waals surface area contributed by atoms with E-state index in [2.05, 4.69) is 5.32 Å². The summed E-state index contributed by atoms with van der Waals surface area (Å²) in [6.07, 6.45) is 2.75. The van der Waals surface area contributed by atoms with E-state index in [1.165, 1.54) is 42.7 Å². The van der Waals surface area contributed by atoms with Gasteiger partial charge in [-0.05, 0) is 62.9 Å². The van der Waals surface area contributed by atoms with Crippen LogP contribution in [0.5, 0.6) is 0 Å². The highest BCUT2D eigenvalue weighted by atomic mass is 32.2. The van der Waals surface area contributed by atoms with Crippen molar-refractivity contribution in [1.29, 1.82) is 0 Å². The Bertz CT molecular complexity index is 1250. The highest BCUT2D eigenvalue weighted by Gasteiger charge is 2.23. The van der Waals surface area contributed by atoms with Crippen LogP contribution < -0.4 is 11.1 Å². The number of aliphatic hydroxyl groups excluding tert-OH is 1. The summed E-state index contributed by atoms with van der Waals surface area (Å²) in [5, 5.41) is 13.2. The molecule has 1 aliphatic carbocycles. The maximum atomic E-state index is 10.5. The highest BCUT2D eigenvalue weighted by Crippen LogP contribution is 2.18. The summed E-state index contributed by atoms with van der Waals surface area (Å²) < 4.78 is 59.1. The number of benzene rings is 3. The topological polar surface area (TPSA) is 167 Å². The van der Waals surface area contributed by atoms with Crippen LogP contribution in [0, 0.1) is 13.8 Å². The Morgan fingerprint density at radius 1 is 0.789 bits per heavy atom. The van der Waals surface area contributed by atoms with Crippen molar-refractivity contribution in [2.75, 3.05) is 6.54 Å². The fraction of sp³-hybridized carbons (Fsp3) is 0.333. The van der Waals surface area contributed by atoms with Gasteiger partial charge in [-0.25, -0.2) is 0 Å². The van der Waals surface area contributed by atoms with Crippen molar-refractivity contribution in [3.05, 3.63) is 95.6 Å². The van der Waals surface area contributed by atoms with Gasteiger partial charge in [0.15, 0.2) is 0 Å². The van der Waals surface area contributed by atoms with Crippen LogP contribution in [0.1, 0.15) is 29.5 Å². The lowest BCUT2D eigenvalue weighted by molar-refractivity contribution is 0.141. The lowest BCUT2D eigenvalue weighted by atomic mass is 10.0. The third-order valence-electron chi connectivity index (χ3n) is 5.64. The lowest BCUT2D eigenvalue weighted by Crippen LogP contribution is -2.43. The number of aliphatic hydroxyl groups is 1. The molecule has 3 aromatic rings. The molecule has 1 saturated carbocycles. The van der Waals surface area contributed by atoms with E-state index in [0.717, 1.165) is 17.5 Å². The molecular formula is C27H36N2O7S2. The van der Waals surface area contributed by atoms with Crippen molar-refractivity contribution in [3.8, 4) is 0 Å². The van der Waals surface area contributed by atoms with E-state index in [1.54, 1.807) is 24.3 Å². The van der Waals surface area contributed by atoms with Gasteiger partial charge in [0.25, 0.3) is 20.2 Å². The number of aryl methyl sites for hydroxylation is 2. The molecule has 0 bridgehead atoms. The number of hydrogen-bond acceptors (Lipinski definition) is 7. The molecule has 0 heterocycles. The minimum atomic E-state index is -4.02. The lowest BCUT2D eigenvalue weighted by Gasteiger charge is -2.19. The average molecular weight is 565 g/mol. The molecule has 0 spiro atoms. The molecule has 11 heteroatoms. The molecule has 6 N–H and O–H groups in total. The van der Waals surface area contributed by atoms with E-state index >= 15 is 0 Å². The SMILES string of the molecule is Cc1ccc(S(=O)(=O)O)cc1.Cc1ccc(S(=O)(=O)O)cc1.NC(Cc1ccccc1)C(O)CNC1CC1. The predicted molar refractivity (Wildman–Crippen MR) is 147 cm³/mol. The van der Waals surface area contributed by atoms with E-state index in [-0.39, 0.29) is 15.8 Å². The molecule has 2 atom stereocenters. The Morgan fingerprint density at radius 2 is 1.21 bits per heavy atom. The van der Waals surface area contributed by atoms with E-state index in [1.807, 2.05) is 44.2 Å². The molecule has 1 fully saturated rings. The Balaban J connectivity index is 0.000000206. The molecule has 4 rings (SSSR count). The number of rotatable bonds is 8. The van der Waals surface area contributed by atoms with Crippen LogP contribution in [0.25, 0.3) is 0 Å². The maximum absolute atomic E-state index is 10.5. The van der Waals surface area contributed by atoms with Gasteiger partial charge in [0.05, 0.1) is 15.9 Å². The van der Waals surface area contributed by atoms with E-state index in [4.69, 9.17) is 14.8 Å². The smallest absolute Gasteiger partial charge is 0.294 e. The molecular weight excluding hydrogens is 528 g/mol. The fourth-order valence-corrected chi connectivity index (χ4v) is 4.13. The molecule has 2 unspecified atom stereocenters. The van der Waals surface area contributed by atoms with E-state index in [0.29, 0.717) is 12.6 Å². The summed E-state index contributed by atoms with van der Waals surface area (Å²) in [4.78, 5) is -0.133. The molecule has 38 heavy (non-hydrogen) atoms. The Kier molecular flexibility index (Phi) is 12.0. The Morgan fingerprint density at radius 3 is 1.58 bits per heavy atom. The van der Waals surface area contributed by atoms with Crippen LogP contribution in [0.3, 0.4) is 0 Å². The number of nitrogens with two attached hydrogens (primary N) is 1. The minimum absolute atomic E-state index is 0.0666. The Hall–Kier alpha value is -2.64. The van der Waals surface area contributed by atoms with Crippen LogP contribution in [-0.2, 0) is 26.7 Å². The molecule has 0 amide bonds. The standard InChI is InChI=1S/C13H20N2O.2C7H8O3S/c14-12(8-10-4-2-1-3-5-10)13(16)9-15-11-6-7-11;2*1-6-2-4-7(5-3-6)11(8,9)10/h1-5,11-13,15-16H,6-9,14H2;2*2-5H,1H3,(H,8,9,10). The molecule has 0 saturated heterocycles. The predicted octanol–water partition coefficient (Wildman–Crippen LogP) is 3.15. The normalized spacial score (nSPS) is 14.8. The second-order valence-electron chi connectivity index (χ2n) is 9.18. The first-order valence-corrected chi connectivity index (χ1v) is 14.9. The van der Waals surface area contributed by atoms with Crippen LogP contribution in [0.2, 0.25) is 0 Å². The van der Waals surface area contributed by atoms with Crippen molar-refractivity contribution in [1.82, 2.24) is 5.32 Å². The zero-order valence-corrected chi connectivity index (χ0v) is 23.1. The van der Waals surface area contributed by atoms with Crippen LogP contribution >= 0.6 is 0 Å². The van der Waals surface area contributed by atoms with Crippen LogP contribution in [0.15, 0.2) is 88.7 Å². The first kappa shape index (κ1) is 31.6. The molecule has 1 aliphatic rings. The van der Waals surface area contributed by atoms with Gasteiger partial charge >= 0.3 is 0 Å². The average Bonchev–Trinajstić information content (AvgIpc) is 3.68. The van der Waals surface area contributed by atoms with Crippen molar-refractivity contribution in [2.24, 2.45) is 5.73 Å². The first-order chi connectivity index (χ1) is 17.8. The van der Waals surface area contributed by atoms with Crippen molar-refractivity contribution >= 4 is 20.2 Å². The van der Waals surface area contributed by atoms with Crippen molar-refractivity contribution in [2.45, 2.75) is 61.1 Å². The van der Waals surface area contributed by atoms with Crippen LogP contribution in [-0.4, -0.2) is 55.8 Å².